The fraction of sp³-hybridized carbons (Fsp3) is 0.556. The van der Waals surface area contributed by atoms with Gasteiger partial charge in [0.25, 0.3) is 5.91 Å². The number of likely N-dealkylation sites (N-methyl/N-ethyl adjacent to an activating group) is 1. The molecule has 1 aliphatic rings. The Labute approximate surface area is 152 Å². The highest BCUT2D eigenvalue weighted by Crippen LogP contribution is 2.25. The summed E-state index contributed by atoms with van der Waals surface area (Å²) in [6, 6.07) is 4.35. The number of carbonyl (C=O) groups is 2. The molecule has 0 saturated carbocycles. The van der Waals surface area contributed by atoms with E-state index in [1.54, 1.807) is 20.2 Å². The average molecular weight is 367 g/mol. The number of nitrogens with one attached hydrogen (secondary N) is 1. The van der Waals surface area contributed by atoms with Gasteiger partial charge in [-0.2, -0.15) is 0 Å². The van der Waals surface area contributed by atoms with Crippen molar-refractivity contribution in [3.8, 4) is 5.75 Å². The van der Waals surface area contributed by atoms with E-state index in [9.17, 15) is 19.1 Å². The van der Waals surface area contributed by atoms with E-state index >= 15 is 0 Å². The van der Waals surface area contributed by atoms with E-state index in [4.69, 9.17) is 4.74 Å². The molecule has 2 N–H and O–H groups in total. The lowest BCUT2D eigenvalue weighted by Gasteiger charge is -2.38. The second-order valence-corrected chi connectivity index (χ2v) is 6.71. The quantitative estimate of drug-likeness (QED) is 0.728. The van der Waals surface area contributed by atoms with Gasteiger partial charge in [0.1, 0.15) is 11.6 Å². The fourth-order valence-corrected chi connectivity index (χ4v) is 2.92. The van der Waals surface area contributed by atoms with Crippen LogP contribution in [0, 0.1) is 5.82 Å². The van der Waals surface area contributed by atoms with Crippen molar-refractivity contribution < 1.29 is 23.8 Å². The van der Waals surface area contributed by atoms with E-state index < -0.39 is 17.3 Å². The van der Waals surface area contributed by atoms with Crippen LogP contribution in [-0.4, -0.2) is 73.2 Å². The predicted octanol–water partition coefficient (Wildman–Crippen LogP) is 0.366. The number of methoxy groups -OCH3 is 1. The third-order valence-corrected chi connectivity index (χ3v) is 4.51. The van der Waals surface area contributed by atoms with E-state index in [0.717, 1.165) is 0 Å². The first-order valence-electron chi connectivity index (χ1n) is 8.52. The number of hydrogen-bond donors (Lipinski definition) is 2. The zero-order chi connectivity index (χ0) is 19.3. The molecule has 1 saturated heterocycles. The normalized spacial score (nSPS) is 20.2. The Morgan fingerprint density at radius 3 is 2.85 bits per heavy atom. The van der Waals surface area contributed by atoms with Gasteiger partial charge in [0.2, 0.25) is 5.91 Å². The maximum atomic E-state index is 14.0. The third-order valence-electron chi connectivity index (χ3n) is 4.51. The number of piperidine rings is 1. The maximum Gasteiger partial charge on any atom is 0.256 e. The number of nitrogens with zero attached hydrogens (tertiary/aromatic N) is 2. The molecule has 2 amide bonds. The van der Waals surface area contributed by atoms with Gasteiger partial charge in [0.05, 0.1) is 13.7 Å². The molecule has 1 aromatic rings. The number of hydrogen-bond acceptors (Lipinski definition) is 5. The number of aliphatic hydroxyl groups is 1. The van der Waals surface area contributed by atoms with Crippen LogP contribution in [0.5, 0.6) is 5.75 Å². The van der Waals surface area contributed by atoms with Gasteiger partial charge in [-0.05, 0) is 31.0 Å². The molecule has 0 bridgehead atoms. The highest BCUT2D eigenvalue weighted by Gasteiger charge is 2.42. The summed E-state index contributed by atoms with van der Waals surface area (Å²) in [7, 11) is 4.76. The van der Waals surface area contributed by atoms with Gasteiger partial charge in [-0.25, -0.2) is 4.39 Å². The SMILES string of the molecule is COc1ccc(F)c(CN2CCCC(O)(CNCC(=O)N(C)C)C2=O)c1. The zero-order valence-corrected chi connectivity index (χ0v) is 15.4. The number of benzene rings is 1. The number of ether oxygens (including phenoxy) is 1. The molecule has 1 aromatic carbocycles. The monoisotopic (exact) mass is 367 g/mol. The predicted molar refractivity (Wildman–Crippen MR) is 94.1 cm³/mol. The molecule has 2 rings (SSSR count). The minimum Gasteiger partial charge on any atom is -0.497 e. The second kappa shape index (κ2) is 8.46. The van der Waals surface area contributed by atoms with Gasteiger partial charge in [-0.3, -0.25) is 9.59 Å². The first-order valence-corrected chi connectivity index (χ1v) is 8.52. The van der Waals surface area contributed by atoms with Crippen LogP contribution in [-0.2, 0) is 16.1 Å². The first kappa shape index (κ1) is 20.1. The van der Waals surface area contributed by atoms with E-state index in [1.807, 2.05) is 0 Å². The Balaban J connectivity index is 2.03. The Kier molecular flexibility index (Phi) is 6.55. The van der Waals surface area contributed by atoms with E-state index in [0.29, 0.717) is 30.7 Å². The Bertz CT molecular complexity index is 668. The van der Waals surface area contributed by atoms with Crippen molar-refractivity contribution >= 4 is 11.8 Å². The van der Waals surface area contributed by atoms with Gasteiger partial charge >= 0.3 is 0 Å². The summed E-state index contributed by atoms with van der Waals surface area (Å²) in [5.41, 5.74) is -1.27. The van der Waals surface area contributed by atoms with Gasteiger partial charge in [-0.15, -0.1) is 0 Å². The number of rotatable bonds is 7. The molecule has 0 spiro atoms. The second-order valence-electron chi connectivity index (χ2n) is 6.71. The van der Waals surface area contributed by atoms with Crippen molar-refractivity contribution in [3.05, 3.63) is 29.6 Å². The van der Waals surface area contributed by atoms with Crippen molar-refractivity contribution in [1.29, 1.82) is 0 Å². The molecule has 7 nitrogen and oxygen atoms in total. The van der Waals surface area contributed by atoms with Crippen LogP contribution in [0.15, 0.2) is 18.2 Å². The van der Waals surface area contributed by atoms with Crippen LogP contribution < -0.4 is 10.1 Å². The summed E-state index contributed by atoms with van der Waals surface area (Å²) in [6.45, 7) is 0.505. The zero-order valence-electron chi connectivity index (χ0n) is 15.4. The van der Waals surface area contributed by atoms with Crippen LogP contribution in [0.3, 0.4) is 0 Å². The van der Waals surface area contributed by atoms with Gasteiger partial charge in [0, 0.05) is 39.3 Å². The standard InChI is InChI=1S/C18H26FN3O4/c1-21(2)16(23)10-20-12-18(25)7-4-8-22(17(18)24)11-13-9-14(26-3)5-6-15(13)19/h5-6,9,20,25H,4,7-8,10-12H2,1-3H3. The van der Waals surface area contributed by atoms with Crippen LogP contribution in [0.4, 0.5) is 4.39 Å². The van der Waals surface area contributed by atoms with E-state index in [-0.39, 0.29) is 25.5 Å². The number of likely N-dealkylation sites (tertiary alicyclic amines) is 1. The number of amides is 2. The van der Waals surface area contributed by atoms with Crippen molar-refractivity contribution in [1.82, 2.24) is 15.1 Å². The van der Waals surface area contributed by atoms with Crippen molar-refractivity contribution in [2.45, 2.75) is 25.0 Å². The van der Waals surface area contributed by atoms with Gasteiger partial charge in [-0.1, -0.05) is 0 Å². The lowest BCUT2D eigenvalue weighted by Crippen LogP contribution is -2.58. The fourth-order valence-electron chi connectivity index (χ4n) is 2.92. The number of halogens is 1. The summed E-state index contributed by atoms with van der Waals surface area (Å²) in [5, 5.41) is 13.6. The summed E-state index contributed by atoms with van der Waals surface area (Å²) in [5.74, 6) is -0.532. The van der Waals surface area contributed by atoms with Crippen LogP contribution in [0.25, 0.3) is 0 Å². The highest BCUT2D eigenvalue weighted by molar-refractivity contribution is 5.86. The van der Waals surface area contributed by atoms with E-state index in [2.05, 4.69) is 5.32 Å². The number of carbonyl (C=O) groups excluding carboxylic acids is 2. The molecule has 0 aliphatic carbocycles. The topological polar surface area (TPSA) is 82.1 Å². The summed E-state index contributed by atoms with van der Waals surface area (Å²) in [4.78, 5) is 27.2. The van der Waals surface area contributed by atoms with Crippen LogP contribution in [0.2, 0.25) is 0 Å². The maximum absolute atomic E-state index is 14.0. The first-order chi connectivity index (χ1) is 12.3. The minimum atomic E-state index is -1.60. The lowest BCUT2D eigenvalue weighted by atomic mass is 9.91. The van der Waals surface area contributed by atoms with Crippen LogP contribution in [0.1, 0.15) is 18.4 Å². The molecule has 8 heteroatoms. The van der Waals surface area contributed by atoms with Crippen molar-refractivity contribution in [3.63, 3.8) is 0 Å². The molecule has 1 fully saturated rings. The molecular weight excluding hydrogens is 341 g/mol. The molecule has 144 valence electrons. The van der Waals surface area contributed by atoms with Crippen LogP contribution >= 0.6 is 0 Å². The molecule has 0 aromatic heterocycles. The molecular formula is C18H26FN3O4. The Hall–Kier alpha value is -2.19. The lowest BCUT2D eigenvalue weighted by molar-refractivity contribution is -0.157. The van der Waals surface area contributed by atoms with Crippen molar-refractivity contribution in [2.75, 3.05) is 40.8 Å². The Morgan fingerprint density at radius 2 is 2.19 bits per heavy atom. The van der Waals surface area contributed by atoms with Crippen molar-refractivity contribution in [2.24, 2.45) is 0 Å². The molecule has 26 heavy (non-hydrogen) atoms. The minimum absolute atomic E-state index is 0.0253. The van der Waals surface area contributed by atoms with E-state index in [1.165, 1.54) is 29.0 Å². The summed E-state index contributed by atoms with van der Waals surface area (Å²) >= 11 is 0. The average Bonchev–Trinajstić information content (AvgIpc) is 2.60. The summed E-state index contributed by atoms with van der Waals surface area (Å²) < 4.78 is 19.1. The van der Waals surface area contributed by atoms with Gasteiger partial charge < -0.3 is 25.0 Å². The summed E-state index contributed by atoms with van der Waals surface area (Å²) in [6.07, 6.45) is 0.892. The highest BCUT2D eigenvalue weighted by atomic mass is 19.1. The largest absolute Gasteiger partial charge is 0.497 e. The third kappa shape index (κ3) is 4.70. The van der Waals surface area contributed by atoms with Gasteiger partial charge in [0.15, 0.2) is 5.60 Å². The molecule has 1 heterocycles. The molecule has 0 radical (unpaired) electrons. The Morgan fingerprint density at radius 1 is 1.46 bits per heavy atom. The smallest absolute Gasteiger partial charge is 0.256 e. The molecule has 1 unspecified atom stereocenters. The molecule has 1 atom stereocenters. The molecule has 1 aliphatic heterocycles.